The van der Waals surface area contributed by atoms with E-state index in [1.807, 2.05) is 52.1 Å². The van der Waals surface area contributed by atoms with Crippen LogP contribution in [-0.4, -0.2) is 60.4 Å². The third-order valence-corrected chi connectivity index (χ3v) is 4.87. The minimum atomic E-state index is -0.459. The van der Waals surface area contributed by atoms with Gasteiger partial charge in [-0.25, -0.2) is 14.8 Å². The Kier molecular flexibility index (Phi) is 5.91. The van der Waals surface area contributed by atoms with Crippen molar-refractivity contribution in [2.24, 2.45) is 5.92 Å². The van der Waals surface area contributed by atoms with Crippen molar-refractivity contribution in [3.8, 4) is 5.88 Å². The van der Waals surface area contributed by atoms with Gasteiger partial charge >= 0.3 is 6.09 Å². The topological polar surface area (TPSA) is 67.8 Å². The largest absolute Gasteiger partial charge is 0.478 e. The van der Waals surface area contributed by atoms with E-state index in [9.17, 15) is 4.79 Å². The van der Waals surface area contributed by atoms with Gasteiger partial charge in [-0.15, -0.1) is 0 Å². The molecule has 1 saturated heterocycles. The Hall–Kier alpha value is -2.57. The number of likely N-dealkylation sites (tertiary alicyclic amines) is 1. The lowest BCUT2D eigenvalue weighted by atomic mass is 9.96. The average Bonchev–Trinajstić information content (AvgIpc) is 2.66. The number of piperidine rings is 1. The van der Waals surface area contributed by atoms with Gasteiger partial charge in [0, 0.05) is 26.7 Å². The van der Waals surface area contributed by atoms with E-state index in [1.165, 1.54) is 0 Å². The van der Waals surface area contributed by atoms with Gasteiger partial charge in [0.2, 0.25) is 0 Å². The van der Waals surface area contributed by atoms with E-state index >= 15 is 0 Å². The number of benzene rings is 1. The predicted octanol–water partition coefficient (Wildman–Crippen LogP) is 3.72. The number of methoxy groups -OCH3 is 1. The van der Waals surface area contributed by atoms with Crippen LogP contribution in [0.15, 0.2) is 24.3 Å². The Bertz CT molecular complexity index is 826. The first-order valence-corrected chi connectivity index (χ1v) is 9.76. The summed E-state index contributed by atoms with van der Waals surface area (Å²) in [6.45, 7) is 7.95. The molecular formula is C21H30N4O3. The van der Waals surface area contributed by atoms with Crippen LogP contribution in [0.2, 0.25) is 0 Å². The molecule has 0 radical (unpaired) electrons. The van der Waals surface area contributed by atoms with Crippen molar-refractivity contribution in [1.82, 2.24) is 14.9 Å². The molecule has 28 heavy (non-hydrogen) atoms. The second kappa shape index (κ2) is 8.20. The zero-order valence-corrected chi connectivity index (χ0v) is 17.4. The van der Waals surface area contributed by atoms with Crippen LogP contribution in [-0.2, 0) is 4.74 Å². The Labute approximate surface area is 166 Å². The Morgan fingerprint density at radius 2 is 1.79 bits per heavy atom. The summed E-state index contributed by atoms with van der Waals surface area (Å²) in [5, 5.41) is 0. The number of nitrogens with zero attached hydrogens (tertiary/aromatic N) is 4. The first kappa shape index (κ1) is 20.2. The van der Waals surface area contributed by atoms with Crippen LogP contribution >= 0.6 is 0 Å². The Balaban J connectivity index is 1.62. The summed E-state index contributed by atoms with van der Waals surface area (Å²) in [6.07, 6.45) is 1.65. The van der Waals surface area contributed by atoms with Crippen LogP contribution in [0.25, 0.3) is 11.0 Å². The summed E-state index contributed by atoms with van der Waals surface area (Å²) in [4.78, 5) is 25.5. The van der Waals surface area contributed by atoms with Crippen molar-refractivity contribution >= 4 is 22.9 Å². The first-order chi connectivity index (χ1) is 13.3. The summed E-state index contributed by atoms with van der Waals surface area (Å²) in [7, 11) is 3.64. The molecule has 1 fully saturated rings. The van der Waals surface area contributed by atoms with E-state index in [2.05, 4.69) is 9.88 Å². The number of carbonyl (C=O) groups is 1. The summed E-state index contributed by atoms with van der Waals surface area (Å²) in [5.41, 5.74) is 1.21. The number of rotatable bonds is 4. The van der Waals surface area contributed by atoms with Crippen molar-refractivity contribution in [2.75, 3.05) is 38.7 Å². The maximum absolute atomic E-state index is 12.2. The fourth-order valence-corrected chi connectivity index (χ4v) is 3.46. The molecular weight excluding hydrogens is 356 g/mol. The molecule has 0 spiro atoms. The van der Waals surface area contributed by atoms with Crippen LogP contribution < -0.4 is 9.64 Å². The van der Waals surface area contributed by atoms with Crippen LogP contribution in [0.3, 0.4) is 0 Å². The van der Waals surface area contributed by atoms with Gasteiger partial charge in [0.15, 0.2) is 5.82 Å². The van der Waals surface area contributed by atoms with Gasteiger partial charge in [-0.2, -0.15) is 0 Å². The van der Waals surface area contributed by atoms with Crippen LogP contribution in [0, 0.1) is 5.92 Å². The average molecular weight is 386 g/mol. The first-order valence-electron chi connectivity index (χ1n) is 9.76. The highest BCUT2D eigenvalue weighted by Crippen LogP contribution is 2.28. The molecule has 0 N–H and O–H groups in total. The van der Waals surface area contributed by atoms with E-state index in [-0.39, 0.29) is 6.09 Å². The zero-order valence-electron chi connectivity index (χ0n) is 17.4. The fourth-order valence-electron chi connectivity index (χ4n) is 3.46. The normalized spacial score (nSPS) is 15.5. The molecule has 2 heterocycles. The number of ether oxygens (including phenoxy) is 2. The molecule has 2 aromatic rings. The molecule has 1 amide bonds. The number of para-hydroxylation sites is 2. The highest BCUT2D eigenvalue weighted by Gasteiger charge is 2.28. The van der Waals surface area contributed by atoms with Crippen LogP contribution in [0.4, 0.5) is 10.6 Å². The monoisotopic (exact) mass is 386 g/mol. The van der Waals surface area contributed by atoms with Gasteiger partial charge in [-0.05, 0) is 51.7 Å². The van der Waals surface area contributed by atoms with Crippen molar-refractivity contribution in [1.29, 1.82) is 0 Å². The van der Waals surface area contributed by atoms with Crippen molar-refractivity contribution in [3.05, 3.63) is 24.3 Å². The summed E-state index contributed by atoms with van der Waals surface area (Å²) >= 11 is 0. The maximum atomic E-state index is 12.2. The predicted molar refractivity (Wildman–Crippen MR) is 110 cm³/mol. The number of hydrogen-bond acceptors (Lipinski definition) is 6. The van der Waals surface area contributed by atoms with Gasteiger partial charge in [0.05, 0.1) is 18.1 Å². The summed E-state index contributed by atoms with van der Waals surface area (Å²) < 4.78 is 10.9. The molecule has 3 rings (SSSR count). The number of amides is 1. The number of fused-ring (bicyclic) bond motifs is 1. The molecule has 0 bridgehead atoms. The third-order valence-electron chi connectivity index (χ3n) is 4.87. The third kappa shape index (κ3) is 4.82. The highest BCUT2D eigenvalue weighted by atomic mass is 16.6. The lowest BCUT2D eigenvalue weighted by molar-refractivity contribution is 0.0186. The number of carbonyl (C=O) groups excluding carboxylic acids is 1. The number of hydrogen-bond donors (Lipinski definition) is 0. The smallest absolute Gasteiger partial charge is 0.410 e. The number of anilines is 1. The Morgan fingerprint density at radius 1 is 1.18 bits per heavy atom. The molecule has 7 heteroatoms. The molecule has 152 valence electrons. The van der Waals surface area contributed by atoms with Gasteiger partial charge < -0.3 is 19.3 Å². The lowest BCUT2D eigenvalue weighted by Gasteiger charge is -2.35. The van der Waals surface area contributed by atoms with E-state index in [1.54, 1.807) is 12.0 Å². The van der Waals surface area contributed by atoms with Gasteiger partial charge in [-0.1, -0.05) is 12.1 Å². The molecule has 0 unspecified atom stereocenters. The van der Waals surface area contributed by atoms with Crippen molar-refractivity contribution in [2.45, 2.75) is 39.2 Å². The molecule has 1 aliphatic heterocycles. The highest BCUT2D eigenvalue weighted by molar-refractivity contribution is 5.77. The van der Waals surface area contributed by atoms with E-state index in [4.69, 9.17) is 14.5 Å². The summed E-state index contributed by atoms with van der Waals surface area (Å²) in [6, 6.07) is 7.79. The van der Waals surface area contributed by atoms with Gasteiger partial charge in [0.25, 0.3) is 5.88 Å². The lowest BCUT2D eigenvalue weighted by Crippen LogP contribution is -2.43. The Morgan fingerprint density at radius 3 is 2.36 bits per heavy atom. The molecule has 1 aromatic carbocycles. The SMILES string of the molecule is COc1nc2ccccc2nc1N(C)CC1CCN(C(=O)OC(C)(C)C)CC1. The van der Waals surface area contributed by atoms with Crippen LogP contribution in [0.1, 0.15) is 33.6 Å². The fraction of sp³-hybridized carbons (Fsp3) is 0.571. The van der Waals surface area contributed by atoms with Crippen molar-refractivity contribution < 1.29 is 14.3 Å². The standard InChI is InChI=1S/C21H30N4O3/c1-21(2,3)28-20(26)25-12-10-15(11-13-25)14-24(4)18-19(27-5)23-17-9-7-6-8-16(17)22-18/h6-9,15H,10-14H2,1-5H3. The zero-order chi connectivity index (χ0) is 20.3. The number of aromatic nitrogens is 2. The minimum absolute atomic E-state index is 0.221. The molecule has 1 aromatic heterocycles. The van der Waals surface area contributed by atoms with E-state index in [0.717, 1.165) is 36.2 Å². The van der Waals surface area contributed by atoms with E-state index < -0.39 is 5.60 Å². The molecule has 0 atom stereocenters. The second-order valence-electron chi connectivity index (χ2n) is 8.34. The molecule has 0 saturated carbocycles. The van der Waals surface area contributed by atoms with Gasteiger partial charge in [-0.3, -0.25) is 0 Å². The van der Waals surface area contributed by atoms with Crippen molar-refractivity contribution in [3.63, 3.8) is 0 Å². The summed E-state index contributed by atoms with van der Waals surface area (Å²) in [5.74, 6) is 1.75. The molecule has 0 aliphatic carbocycles. The van der Waals surface area contributed by atoms with E-state index in [0.29, 0.717) is 24.9 Å². The minimum Gasteiger partial charge on any atom is -0.478 e. The quantitative estimate of drug-likeness (QED) is 0.798. The molecule has 7 nitrogen and oxygen atoms in total. The molecule has 1 aliphatic rings. The van der Waals surface area contributed by atoms with Crippen LogP contribution in [0.5, 0.6) is 5.88 Å². The van der Waals surface area contributed by atoms with Gasteiger partial charge in [0.1, 0.15) is 5.60 Å². The maximum Gasteiger partial charge on any atom is 0.410 e. The second-order valence-corrected chi connectivity index (χ2v) is 8.34.